The summed E-state index contributed by atoms with van der Waals surface area (Å²) in [6, 6.07) is 19.1. The molecule has 4 aromatic rings. The fraction of sp³-hybridized carbons (Fsp3) is 0.174. The van der Waals surface area contributed by atoms with Crippen molar-refractivity contribution in [2.24, 2.45) is 4.99 Å². The fourth-order valence-corrected chi connectivity index (χ4v) is 3.35. The van der Waals surface area contributed by atoms with E-state index in [2.05, 4.69) is 61.5 Å². The van der Waals surface area contributed by atoms with Gasteiger partial charge in [0.05, 0.1) is 0 Å². The Morgan fingerprint density at radius 1 is 1.00 bits per heavy atom. The summed E-state index contributed by atoms with van der Waals surface area (Å²) in [5.74, 6) is 0. The van der Waals surface area contributed by atoms with Gasteiger partial charge in [-0.15, -0.1) is 0 Å². The van der Waals surface area contributed by atoms with Gasteiger partial charge in [-0.2, -0.15) is 0 Å². The summed E-state index contributed by atoms with van der Waals surface area (Å²) in [5.41, 5.74) is 5.10. The highest BCUT2D eigenvalue weighted by molar-refractivity contribution is 6.19. The van der Waals surface area contributed by atoms with E-state index in [-0.39, 0.29) is 0 Å². The second-order valence-corrected chi connectivity index (χ2v) is 6.31. The standard InChI is InChI=1S/C23H21NO/c1-4-15(3)24-20(5-2)17-10-12-19-22(14-17)25-21-13-11-16-8-6-7-9-18(16)23(19)21/h4,6-14H,5H2,1-3H3/b15-4-,24-20+. The summed E-state index contributed by atoms with van der Waals surface area (Å²) in [5, 5.41) is 4.83. The lowest BCUT2D eigenvalue weighted by Gasteiger charge is -2.04. The van der Waals surface area contributed by atoms with Gasteiger partial charge >= 0.3 is 0 Å². The van der Waals surface area contributed by atoms with Crippen LogP contribution in [0.15, 0.2) is 75.8 Å². The molecule has 0 unspecified atom stereocenters. The van der Waals surface area contributed by atoms with Crippen LogP contribution in [0.3, 0.4) is 0 Å². The van der Waals surface area contributed by atoms with Crippen LogP contribution >= 0.6 is 0 Å². The van der Waals surface area contributed by atoms with Crippen LogP contribution in [0.4, 0.5) is 0 Å². The fourth-order valence-electron chi connectivity index (χ4n) is 3.35. The zero-order valence-corrected chi connectivity index (χ0v) is 14.8. The summed E-state index contributed by atoms with van der Waals surface area (Å²) in [7, 11) is 0. The molecule has 0 aliphatic rings. The van der Waals surface area contributed by atoms with Gasteiger partial charge in [-0.25, -0.2) is 0 Å². The number of aliphatic imine (C=N–C) groups is 1. The molecule has 0 radical (unpaired) electrons. The highest BCUT2D eigenvalue weighted by Crippen LogP contribution is 2.35. The van der Waals surface area contributed by atoms with Crippen molar-refractivity contribution in [3.8, 4) is 0 Å². The molecule has 0 spiro atoms. The van der Waals surface area contributed by atoms with E-state index in [4.69, 9.17) is 9.41 Å². The average molecular weight is 327 g/mol. The van der Waals surface area contributed by atoms with Crippen LogP contribution in [0.25, 0.3) is 32.7 Å². The van der Waals surface area contributed by atoms with Crippen LogP contribution < -0.4 is 0 Å². The van der Waals surface area contributed by atoms with Crippen molar-refractivity contribution in [3.63, 3.8) is 0 Å². The average Bonchev–Trinajstić information content (AvgIpc) is 3.03. The van der Waals surface area contributed by atoms with E-state index in [9.17, 15) is 0 Å². The zero-order valence-electron chi connectivity index (χ0n) is 14.8. The van der Waals surface area contributed by atoms with Crippen molar-refractivity contribution < 1.29 is 4.42 Å². The Kier molecular flexibility index (Phi) is 3.89. The van der Waals surface area contributed by atoms with Crippen LogP contribution in [0.1, 0.15) is 32.8 Å². The van der Waals surface area contributed by atoms with Gasteiger partial charge in [-0.3, -0.25) is 4.99 Å². The molecule has 0 aliphatic carbocycles. The monoisotopic (exact) mass is 327 g/mol. The van der Waals surface area contributed by atoms with Crippen molar-refractivity contribution in [2.45, 2.75) is 27.2 Å². The minimum Gasteiger partial charge on any atom is -0.456 e. The van der Waals surface area contributed by atoms with E-state index < -0.39 is 0 Å². The Bertz CT molecular complexity index is 1140. The third-order valence-electron chi connectivity index (χ3n) is 4.76. The molecule has 0 fully saturated rings. The van der Waals surface area contributed by atoms with Crippen molar-refractivity contribution >= 4 is 38.4 Å². The molecule has 25 heavy (non-hydrogen) atoms. The first-order chi connectivity index (χ1) is 12.2. The maximum absolute atomic E-state index is 6.16. The van der Waals surface area contributed by atoms with E-state index >= 15 is 0 Å². The maximum atomic E-state index is 6.16. The number of fused-ring (bicyclic) bond motifs is 5. The second kappa shape index (κ2) is 6.21. The lowest BCUT2D eigenvalue weighted by atomic mass is 10.0. The summed E-state index contributed by atoms with van der Waals surface area (Å²) >= 11 is 0. The van der Waals surface area contributed by atoms with Gasteiger partial charge in [0.15, 0.2) is 0 Å². The Labute approximate surface area is 147 Å². The molecule has 0 N–H and O–H groups in total. The van der Waals surface area contributed by atoms with E-state index in [1.165, 1.54) is 16.2 Å². The lowest BCUT2D eigenvalue weighted by Crippen LogP contribution is -1.99. The molecule has 1 aromatic heterocycles. The van der Waals surface area contributed by atoms with Gasteiger partial charge in [-0.1, -0.05) is 49.4 Å². The van der Waals surface area contributed by atoms with E-state index in [1.807, 2.05) is 19.9 Å². The molecule has 1 heterocycles. The lowest BCUT2D eigenvalue weighted by molar-refractivity contribution is 0.669. The molecule has 0 bridgehead atoms. The van der Waals surface area contributed by atoms with Crippen LogP contribution in [0, 0.1) is 0 Å². The molecular weight excluding hydrogens is 306 g/mol. The first-order valence-corrected chi connectivity index (χ1v) is 8.76. The van der Waals surface area contributed by atoms with Gasteiger partial charge in [-0.05, 0) is 54.8 Å². The largest absolute Gasteiger partial charge is 0.456 e. The van der Waals surface area contributed by atoms with Crippen molar-refractivity contribution in [2.75, 3.05) is 0 Å². The summed E-state index contributed by atoms with van der Waals surface area (Å²) in [6.45, 7) is 6.18. The summed E-state index contributed by atoms with van der Waals surface area (Å²) < 4.78 is 6.16. The highest BCUT2D eigenvalue weighted by atomic mass is 16.3. The minimum absolute atomic E-state index is 0.889. The molecule has 0 saturated heterocycles. The number of allylic oxidation sites excluding steroid dienone is 2. The molecule has 2 nitrogen and oxygen atoms in total. The normalized spacial score (nSPS) is 13.2. The Morgan fingerprint density at radius 2 is 1.84 bits per heavy atom. The predicted octanol–water partition coefficient (Wildman–Crippen LogP) is 6.86. The predicted molar refractivity (Wildman–Crippen MR) is 107 cm³/mol. The maximum Gasteiger partial charge on any atom is 0.136 e. The van der Waals surface area contributed by atoms with E-state index in [0.29, 0.717) is 0 Å². The summed E-state index contributed by atoms with van der Waals surface area (Å²) in [6.07, 6.45) is 2.92. The van der Waals surface area contributed by atoms with Gasteiger partial charge in [0, 0.05) is 22.2 Å². The van der Waals surface area contributed by atoms with E-state index in [1.54, 1.807) is 0 Å². The van der Waals surface area contributed by atoms with Crippen LogP contribution in [0.5, 0.6) is 0 Å². The van der Waals surface area contributed by atoms with E-state index in [0.717, 1.165) is 39.9 Å². The number of hydrogen-bond donors (Lipinski definition) is 0. The van der Waals surface area contributed by atoms with Crippen molar-refractivity contribution in [3.05, 3.63) is 71.9 Å². The number of rotatable bonds is 3. The van der Waals surface area contributed by atoms with Gasteiger partial charge < -0.3 is 4.42 Å². The first kappa shape index (κ1) is 15.6. The van der Waals surface area contributed by atoms with Crippen molar-refractivity contribution in [1.29, 1.82) is 0 Å². The topological polar surface area (TPSA) is 25.5 Å². The quantitative estimate of drug-likeness (QED) is 0.377. The number of hydrogen-bond acceptors (Lipinski definition) is 2. The number of furan rings is 1. The van der Waals surface area contributed by atoms with Crippen molar-refractivity contribution in [1.82, 2.24) is 0 Å². The molecule has 0 atom stereocenters. The van der Waals surface area contributed by atoms with Crippen LogP contribution in [-0.4, -0.2) is 5.71 Å². The Balaban J connectivity index is 1.97. The minimum atomic E-state index is 0.889. The Morgan fingerprint density at radius 3 is 2.64 bits per heavy atom. The van der Waals surface area contributed by atoms with Gasteiger partial charge in [0.2, 0.25) is 0 Å². The van der Waals surface area contributed by atoms with Gasteiger partial charge in [0.25, 0.3) is 0 Å². The number of benzene rings is 3. The van der Waals surface area contributed by atoms with Crippen LogP contribution in [-0.2, 0) is 0 Å². The second-order valence-electron chi connectivity index (χ2n) is 6.31. The molecule has 0 saturated carbocycles. The molecule has 3 aromatic carbocycles. The first-order valence-electron chi connectivity index (χ1n) is 8.76. The van der Waals surface area contributed by atoms with Crippen LogP contribution in [0.2, 0.25) is 0 Å². The third kappa shape index (κ3) is 2.64. The summed E-state index contributed by atoms with van der Waals surface area (Å²) in [4.78, 5) is 4.73. The molecular formula is C23H21NO. The van der Waals surface area contributed by atoms with Gasteiger partial charge in [0.1, 0.15) is 11.2 Å². The molecule has 4 rings (SSSR count). The molecule has 0 aliphatic heterocycles. The molecule has 124 valence electrons. The molecule has 2 heteroatoms. The highest BCUT2D eigenvalue weighted by Gasteiger charge is 2.12. The smallest absolute Gasteiger partial charge is 0.136 e. The molecule has 0 amide bonds. The zero-order chi connectivity index (χ0) is 17.4. The third-order valence-corrected chi connectivity index (χ3v) is 4.76. The SMILES string of the molecule is C/C=C(C)\N=C(/CC)c1ccc2c(c1)oc1ccc3ccccc3c12. The number of nitrogens with zero attached hydrogens (tertiary/aromatic N) is 1. The Hall–Kier alpha value is -2.87.